The Morgan fingerprint density at radius 2 is 1.00 bits per heavy atom. The average molecular weight is 339 g/mol. The van der Waals surface area contributed by atoms with Gasteiger partial charge in [-0.25, -0.2) is 0 Å². The molecule has 2 aromatic carbocycles. The predicted molar refractivity (Wildman–Crippen MR) is 71.9 cm³/mol. The summed E-state index contributed by atoms with van der Waals surface area (Å²) in [7, 11) is 0. The summed E-state index contributed by atoms with van der Waals surface area (Å²) in [4.78, 5) is 23.6. The van der Waals surface area contributed by atoms with Crippen molar-refractivity contribution >= 4 is 37.4 Å². The van der Waals surface area contributed by atoms with Gasteiger partial charge in [0.05, 0.1) is 6.42 Å². The quantitative estimate of drug-likeness (QED) is 0.634. The number of hydrogen-bond donors (Lipinski definition) is 0. The van der Waals surface area contributed by atoms with E-state index in [1.807, 2.05) is 12.1 Å². The first-order valence-electron chi connectivity index (χ1n) is 5.44. The van der Waals surface area contributed by atoms with Crippen LogP contribution in [-0.4, -0.2) is 37.4 Å². The van der Waals surface area contributed by atoms with Crippen LogP contribution in [0.15, 0.2) is 60.7 Å². The van der Waals surface area contributed by atoms with E-state index in [1.165, 1.54) is 0 Å². The van der Waals surface area contributed by atoms with Gasteiger partial charge in [0.25, 0.3) is 0 Å². The van der Waals surface area contributed by atoms with Crippen molar-refractivity contribution in [1.82, 2.24) is 0 Å². The van der Waals surface area contributed by atoms with E-state index in [4.69, 9.17) is 0 Å². The summed E-state index contributed by atoms with van der Waals surface area (Å²) in [6.45, 7) is 0. The number of benzene rings is 2. The van der Waals surface area contributed by atoms with Gasteiger partial charge in [0.2, 0.25) is 0 Å². The molecule has 0 N–H and O–H groups in total. The van der Waals surface area contributed by atoms with Crippen LogP contribution in [0.4, 0.5) is 0 Å². The van der Waals surface area contributed by atoms with Crippen LogP contribution in [0.1, 0.15) is 27.1 Å². The summed E-state index contributed by atoms with van der Waals surface area (Å²) in [5.41, 5.74) is 1.16. The van der Waals surface area contributed by atoms with Gasteiger partial charge in [-0.15, -0.1) is 0 Å². The second kappa shape index (κ2) is 7.17. The Hall–Kier alpha value is -1.35. The molecular weight excluding hydrogens is 327 g/mol. The smallest absolute Gasteiger partial charge is 0.170 e. The Labute approximate surface area is 125 Å². The fourth-order valence-electron chi connectivity index (χ4n) is 1.60. The van der Waals surface area contributed by atoms with Crippen molar-refractivity contribution in [2.45, 2.75) is 6.42 Å². The number of hydrogen-bond acceptors (Lipinski definition) is 2. The molecule has 0 amide bonds. The Balaban J connectivity index is 0.00000162. The zero-order valence-corrected chi connectivity index (χ0v) is 13.2. The molecule has 0 bridgehead atoms. The molecule has 0 spiro atoms. The van der Waals surface area contributed by atoms with Crippen LogP contribution in [0.3, 0.4) is 0 Å². The Morgan fingerprint density at radius 1 is 0.667 bits per heavy atom. The first-order chi connectivity index (χ1) is 8.27. The Bertz CT molecular complexity index is 471. The molecule has 3 radical (unpaired) electrons. The minimum absolute atomic E-state index is 0. The van der Waals surface area contributed by atoms with Gasteiger partial charge < -0.3 is 0 Å². The van der Waals surface area contributed by atoms with Gasteiger partial charge in [-0.2, -0.15) is 0 Å². The maximum absolute atomic E-state index is 11.8. The number of carbonyl (C=O) groups excluding carboxylic acids is 2. The van der Waals surface area contributed by atoms with Crippen molar-refractivity contribution in [2.24, 2.45) is 0 Å². The summed E-state index contributed by atoms with van der Waals surface area (Å²) >= 11 is 0. The van der Waals surface area contributed by atoms with E-state index >= 15 is 0 Å². The number of ketones is 2. The zero-order chi connectivity index (χ0) is 12.1. The van der Waals surface area contributed by atoms with Crippen LogP contribution in [0.25, 0.3) is 0 Å². The molecule has 0 unspecified atom stereocenters. The van der Waals surface area contributed by atoms with Crippen molar-refractivity contribution in [3.8, 4) is 0 Å². The van der Waals surface area contributed by atoms with Crippen molar-refractivity contribution in [3.05, 3.63) is 71.8 Å². The maximum atomic E-state index is 11.8. The van der Waals surface area contributed by atoms with E-state index in [9.17, 15) is 9.59 Å². The van der Waals surface area contributed by atoms with Gasteiger partial charge >= 0.3 is 0 Å². The van der Waals surface area contributed by atoms with Crippen LogP contribution >= 0.6 is 0 Å². The van der Waals surface area contributed by atoms with Crippen LogP contribution in [0.2, 0.25) is 0 Å². The number of Topliss-reactive ketones (excluding diaryl/α,β-unsaturated/α-hetero) is 2. The van der Waals surface area contributed by atoms with E-state index in [-0.39, 0.29) is 43.8 Å². The number of rotatable bonds is 4. The van der Waals surface area contributed by atoms with E-state index in [0.29, 0.717) is 11.1 Å². The van der Waals surface area contributed by atoms with Gasteiger partial charge in [0.1, 0.15) is 0 Å². The van der Waals surface area contributed by atoms with Crippen LogP contribution in [0.5, 0.6) is 0 Å². The molecule has 0 atom stereocenters. The van der Waals surface area contributed by atoms with E-state index in [0.717, 1.165) is 0 Å². The van der Waals surface area contributed by atoms with Crippen molar-refractivity contribution in [1.29, 1.82) is 0 Å². The predicted octanol–water partition coefficient (Wildman–Crippen LogP) is 2.76. The first kappa shape index (κ1) is 14.7. The number of carbonyl (C=O) groups is 2. The molecule has 18 heavy (non-hydrogen) atoms. The third-order valence-electron chi connectivity index (χ3n) is 2.51. The average Bonchev–Trinajstić information content (AvgIpc) is 2.40. The third-order valence-corrected chi connectivity index (χ3v) is 2.51. The Kier molecular flexibility index (Phi) is 5.86. The van der Waals surface area contributed by atoms with E-state index in [1.54, 1.807) is 48.5 Å². The van der Waals surface area contributed by atoms with Crippen LogP contribution in [0, 0.1) is 0 Å². The fraction of sp³-hybridized carbons (Fsp3) is 0.0667. The first-order valence-corrected chi connectivity index (χ1v) is 5.44. The molecule has 0 saturated carbocycles. The second-order valence-corrected chi connectivity index (χ2v) is 3.76. The summed E-state index contributed by atoms with van der Waals surface area (Å²) < 4.78 is 0. The van der Waals surface area contributed by atoms with E-state index < -0.39 is 0 Å². The summed E-state index contributed by atoms with van der Waals surface area (Å²) in [6.07, 6.45) is -0.0754. The largest absolute Gasteiger partial charge is 0.294 e. The third kappa shape index (κ3) is 3.84. The van der Waals surface area contributed by atoms with Gasteiger partial charge in [0, 0.05) is 37.0 Å². The molecule has 3 heteroatoms. The van der Waals surface area contributed by atoms with Gasteiger partial charge in [-0.1, -0.05) is 60.7 Å². The molecule has 87 valence electrons. The molecule has 0 heterocycles. The van der Waals surface area contributed by atoms with Crippen molar-refractivity contribution in [2.75, 3.05) is 0 Å². The molecule has 0 aliphatic heterocycles. The maximum Gasteiger partial charge on any atom is 0.170 e. The standard InChI is InChI=1S/C15H12O2.In/c16-14(12-7-3-1-4-8-12)11-15(17)13-9-5-2-6-10-13;/h1-10H,11H2;. The van der Waals surface area contributed by atoms with Gasteiger partial charge in [-0.05, 0) is 0 Å². The molecule has 0 fully saturated rings. The molecular formula is C15H12InO2. The molecule has 0 aliphatic carbocycles. The van der Waals surface area contributed by atoms with Crippen molar-refractivity contribution in [3.63, 3.8) is 0 Å². The van der Waals surface area contributed by atoms with Crippen LogP contribution in [-0.2, 0) is 0 Å². The topological polar surface area (TPSA) is 34.1 Å². The zero-order valence-electron chi connectivity index (χ0n) is 9.87. The molecule has 0 saturated heterocycles. The van der Waals surface area contributed by atoms with E-state index in [2.05, 4.69) is 0 Å². The van der Waals surface area contributed by atoms with Crippen LogP contribution < -0.4 is 0 Å². The second-order valence-electron chi connectivity index (χ2n) is 3.76. The van der Waals surface area contributed by atoms with Crippen molar-refractivity contribution < 1.29 is 9.59 Å². The van der Waals surface area contributed by atoms with Gasteiger partial charge in [-0.3, -0.25) is 9.59 Å². The molecule has 0 aromatic heterocycles. The normalized spacial score (nSPS) is 9.33. The minimum atomic E-state index is -0.139. The monoisotopic (exact) mass is 339 g/mol. The minimum Gasteiger partial charge on any atom is -0.294 e. The molecule has 0 aliphatic rings. The Morgan fingerprint density at radius 3 is 1.33 bits per heavy atom. The molecule has 2 aromatic rings. The molecule has 2 rings (SSSR count). The van der Waals surface area contributed by atoms with Gasteiger partial charge in [0.15, 0.2) is 11.6 Å². The summed E-state index contributed by atoms with van der Waals surface area (Å²) in [5.74, 6) is -0.279. The molecule has 2 nitrogen and oxygen atoms in total. The summed E-state index contributed by atoms with van der Waals surface area (Å²) in [6, 6.07) is 17.7. The SMILES string of the molecule is O=C(CC(=O)c1ccccc1)c1ccccc1.[In]. The summed E-state index contributed by atoms with van der Waals surface area (Å²) in [5, 5.41) is 0. The fourth-order valence-corrected chi connectivity index (χ4v) is 1.60.